The van der Waals surface area contributed by atoms with E-state index in [9.17, 15) is 5.11 Å². The molecule has 0 spiro atoms. The summed E-state index contributed by atoms with van der Waals surface area (Å²) in [6.45, 7) is 8.53. The number of aromatic nitrogens is 2. The predicted octanol–water partition coefficient (Wildman–Crippen LogP) is 1.53. The van der Waals surface area contributed by atoms with E-state index in [1.807, 2.05) is 18.5 Å². The Balaban J connectivity index is 2.26. The topological polar surface area (TPSA) is 67.3 Å². The second kappa shape index (κ2) is 4.80. The van der Waals surface area contributed by atoms with Crippen LogP contribution in [0.4, 0.5) is 11.5 Å². The summed E-state index contributed by atoms with van der Waals surface area (Å²) in [4.78, 5) is 2.26. The average molecular weight is 252 g/mol. The summed E-state index contributed by atoms with van der Waals surface area (Å²) in [5, 5.41) is 14.6. The van der Waals surface area contributed by atoms with Gasteiger partial charge in [-0.05, 0) is 40.0 Å². The minimum absolute atomic E-state index is 0.546. The summed E-state index contributed by atoms with van der Waals surface area (Å²) in [6, 6.07) is 0. The van der Waals surface area contributed by atoms with Crippen LogP contribution >= 0.6 is 0 Å². The van der Waals surface area contributed by atoms with Crippen LogP contribution in [0.5, 0.6) is 0 Å². The maximum absolute atomic E-state index is 10.1. The van der Waals surface area contributed by atoms with Gasteiger partial charge in [-0.15, -0.1) is 0 Å². The van der Waals surface area contributed by atoms with Crippen molar-refractivity contribution in [3.05, 3.63) is 5.69 Å². The first kappa shape index (κ1) is 13.2. The quantitative estimate of drug-likeness (QED) is 0.837. The molecule has 1 aliphatic heterocycles. The molecule has 1 aromatic heterocycles. The van der Waals surface area contributed by atoms with E-state index in [1.165, 1.54) is 0 Å². The highest BCUT2D eigenvalue weighted by molar-refractivity contribution is 5.66. The second-order valence-electron chi connectivity index (χ2n) is 5.48. The molecule has 102 valence electrons. The summed E-state index contributed by atoms with van der Waals surface area (Å²) >= 11 is 0. The highest BCUT2D eigenvalue weighted by Crippen LogP contribution is 2.30. The van der Waals surface area contributed by atoms with Crippen molar-refractivity contribution in [1.82, 2.24) is 9.78 Å². The fraction of sp³-hybridized carbons (Fsp3) is 0.769. The molecule has 5 nitrogen and oxygen atoms in total. The maximum Gasteiger partial charge on any atom is 0.150 e. The average Bonchev–Trinajstić information content (AvgIpc) is 2.48. The fourth-order valence-corrected chi connectivity index (χ4v) is 2.61. The largest absolute Gasteiger partial charge is 0.394 e. The Morgan fingerprint density at radius 2 is 2.11 bits per heavy atom. The van der Waals surface area contributed by atoms with Crippen molar-refractivity contribution in [2.75, 3.05) is 23.7 Å². The minimum atomic E-state index is -0.546. The summed E-state index contributed by atoms with van der Waals surface area (Å²) in [7, 11) is 0. The molecule has 1 fully saturated rings. The second-order valence-corrected chi connectivity index (χ2v) is 5.48. The summed E-state index contributed by atoms with van der Waals surface area (Å²) < 4.78 is 1.96. The molecule has 1 unspecified atom stereocenters. The van der Waals surface area contributed by atoms with Crippen LogP contribution in [0.1, 0.15) is 38.8 Å². The Hall–Kier alpha value is -1.23. The molecule has 0 radical (unpaired) electrons. The monoisotopic (exact) mass is 252 g/mol. The van der Waals surface area contributed by atoms with Gasteiger partial charge in [0.1, 0.15) is 0 Å². The first-order chi connectivity index (χ1) is 8.44. The number of hydrogen-bond donors (Lipinski definition) is 2. The highest BCUT2D eigenvalue weighted by atomic mass is 16.3. The van der Waals surface area contributed by atoms with E-state index in [1.54, 1.807) is 0 Å². The van der Waals surface area contributed by atoms with Crippen LogP contribution in [0.15, 0.2) is 0 Å². The van der Waals surface area contributed by atoms with Crippen LogP contribution in [0.3, 0.4) is 0 Å². The van der Waals surface area contributed by atoms with Gasteiger partial charge in [-0.2, -0.15) is 5.10 Å². The number of nitrogen functional groups attached to an aromatic ring is 1. The molecule has 2 rings (SSSR count). The lowest BCUT2D eigenvalue weighted by Gasteiger charge is -2.25. The number of nitrogens with zero attached hydrogens (tertiary/aromatic N) is 3. The lowest BCUT2D eigenvalue weighted by molar-refractivity contribution is 0.0481. The predicted molar refractivity (Wildman–Crippen MR) is 73.7 cm³/mol. The first-order valence-corrected chi connectivity index (χ1v) is 6.75. The molecule has 0 saturated carbocycles. The first-order valence-electron chi connectivity index (χ1n) is 6.75. The molecule has 1 saturated heterocycles. The molecule has 0 bridgehead atoms. The third kappa shape index (κ3) is 2.46. The van der Waals surface area contributed by atoms with Crippen molar-refractivity contribution >= 4 is 11.5 Å². The van der Waals surface area contributed by atoms with Crippen molar-refractivity contribution in [2.24, 2.45) is 0 Å². The number of aryl methyl sites for hydroxylation is 2. The normalized spacial score (nSPS) is 25.2. The Bertz CT molecular complexity index is 425. The van der Waals surface area contributed by atoms with Gasteiger partial charge in [-0.3, -0.25) is 0 Å². The highest BCUT2D eigenvalue weighted by Gasteiger charge is 2.27. The van der Waals surface area contributed by atoms with Crippen molar-refractivity contribution in [3.8, 4) is 0 Å². The van der Waals surface area contributed by atoms with Gasteiger partial charge in [-0.1, -0.05) is 0 Å². The third-order valence-electron chi connectivity index (χ3n) is 3.81. The van der Waals surface area contributed by atoms with Crippen molar-refractivity contribution in [2.45, 2.75) is 52.2 Å². The molecule has 5 heteroatoms. The Labute approximate surface area is 109 Å². The Morgan fingerprint density at radius 1 is 1.39 bits per heavy atom. The Morgan fingerprint density at radius 3 is 2.78 bits per heavy atom. The van der Waals surface area contributed by atoms with E-state index < -0.39 is 5.60 Å². The fourth-order valence-electron chi connectivity index (χ4n) is 2.61. The van der Waals surface area contributed by atoms with E-state index in [0.29, 0.717) is 0 Å². The van der Waals surface area contributed by atoms with Gasteiger partial charge in [0.15, 0.2) is 5.82 Å². The molecule has 18 heavy (non-hydrogen) atoms. The summed E-state index contributed by atoms with van der Waals surface area (Å²) in [5.74, 6) is 1.02. The molecule has 1 atom stereocenters. The van der Waals surface area contributed by atoms with E-state index in [4.69, 9.17) is 5.73 Å². The number of rotatable bonds is 2. The molecule has 2 heterocycles. The number of hydrogen-bond acceptors (Lipinski definition) is 4. The molecule has 1 aliphatic rings. The van der Waals surface area contributed by atoms with E-state index in [0.717, 1.165) is 56.1 Å². The molecule has 1 aromatic rings. The van der Waals surface area contributed by atoms with Crippen LogP contribution in [-0.2, 0) is 6.54 Å². The van der Waals surface area contributed by atoms with Crippen LogP contribution in [0, 0.1) is 6.92 Å². The zero-order valence-corrected chi connectivity index (χ0v) is 11.6. The van der Waals surface area contributed by atoms with Gasteiger partial charge in [-0.25, -0.2) is 4.68 Å². The number of aliphatic hydroxyl groups is 1. The van der Waals surface area contributed by atoms with Crippen LogP contribution in [0.25, 0.3) is 0 Å². The van der Waals surface area contributed by atoms with Crippen molar-refractivity contribution < 1.29 is 5.11 Å². The van der Waals surface area contributed by atoms with Crippen LogP contribution in [0.2, 0.25) is 0 Å². The third-order valence-corrected chi connectivity index (χ3v) is 3.81. The Kier molecular flexibility index (Phi) is 3.52. The zero-order valence-electron chi connectivity index (χ0n) is 11.6. The van der Waals surface area contributed by atoms with Gasteiger partial charge in [0.2, 0.25) is 0 Å². The standard InChI is InChI=1S/C13H24N4O/c1-4-17-12(11(14)10(2)15-17)16-8-5-6-13(3,18)7-9-16/h18H,4-9,14H2,1-3H3. The lowest BCUT2D eigenvalue weighted by atomic mass is 9.98. The number of anilines is 2. The molecule has 0 aromatic carbocycles. The summed E-state index contributed by atoms with van der Waals surface area (Å²) in [5.41, 5.74) is 7.26. The molecule has 0 aliphatic carbocycles. The minimum Gasteiger partial charge on any atom is -0.394 e. The van der Waals surface area contributed by atoms with Crippen LogP contribution < -0.4 is 10.6 Å². The molecular weight excluding hydrogens is 228 g/mol. The molecule has 3 N–H and O–H groups in total. The molecule has 0 amide bonds. The van der Waals surface area contributed by atoms with Gasteiger partial charge in [0.25, 0.3) is 0 Å². The summed E-state index contributed by atoms with van der Waals surface area (Å²) in [6.07, 6.45) is 2.61. The SMILES string of the molecule is CCn1nc(C)c(N)c1N1CCCC(C)(O)CC1. The molecular formula is C13H24N4O. The van der Waals surface area contributed by atoms with Gasteiger partial charge in [0, 0.05) is 19.6 Å². The number of nitrogens with two attached hydrogens (primary N) is 1. The smallest absolute Gasteiger partial charge is 0.150 e. The zero-order chi connectivity index (χ0) is 13.3. The van der Waals surface area contributed by atoms with Gasteiger partial charge in [0.05, 0.1) is 17.0 Å². The van der Waals surface area contributed by atoms with Gasteiger partial charge >= 0.3 is 0 Å². The maximum atomic E-state index is 10.1. The van der Waals surface area contributed by atoms with Crippen molar-refractivity contribution in [1.29, 1.82) is 0 Å². The van der Waals surface area contributed by atoms with E-state index in [2.05, 4.69) is 16.9 Å². The van der Waals surface area contributed by atoms with Crippen molar-refractivity contribution in [3.63, 3.8) is 0 Å². The van der Waals surface area contributed by atoms with E-state index >= 15 is 0 Å². The van der Waals surface area contributed by atoms with Crippen LogP contribution in [-0.4, -0.2) is 33.6 Å². The van der Waals surface area contributed by atoms with E-state index in [-0.39, 0.29) is 0 Å². The van der Waals surface area contributed by atoms with Gasteiger partial charge < -0.3 is 15.7 Å². The lowest BCUT2D eigenvalue weighted by Crippen LogP contribution is -2.30.